The third kappa shape index (κ3) is 8.44. The van der Waals surface area contributed by atoms with E-state index in [0.717, 1.165) is 13.0 Å². The van der Waals surface area contributed by atoms with Crippen LogP contribution in [0.25, 0.3) is 0 Å². The molecule has 0 spiro atoms. The summed E-state index contributed by atoms with van der Waals surface area (Å²) in [6, 6.07) is 0. The Kier molecular flexibility index (Phi) is 8.08. The zero-order valence-corrected chi connectivity index (χ0v) is 9.51. The Morgan fingerprint density at radius 3 is 2.57 bits per heavy atom. The van der Waals surface area contributed by atoms with Crippen molar-refractivity contribution in [2.24, 2.45) is 0 Å². The van der Waals surface area contributed by atoms with Crippen molar-refractivity contribution in [1.82, 2.24) is 5.32 Å². The van der Waals surface area contributed by atoms with Crippen molar-refractivity contribution in [3.8, 4) is 0 Å². The topological polar surface area (TPSA) is 50.7 Å². The van der Waals surface area contributed by atoms with Gasteiger partial charge in [-0.1, -0.05) is 6.92 Å². The predicted octanol–water partition coefficient (Wildman–Crippen LogP) is 0.400. The minimum atomic E-state index is -0.605. The molecule has 0 heterocycles. The molecule has 0 saturated heterocycles. The summed E-state index contributed by atoms with van der Waals surface area (Å²) in [6.45, 7) is 7.08. The van der Waals surface area contributed by atoms with E-state index in [-0.39, 0.29) is 0 Å². The second-order valence-electron chi connectivity index (χ2n) is 3.63. The van der Waals surface area contributed by atoms with Gasteiger partial charge in [0, 0.05) is 20.2 Å². The minimum Gasteiger partial charge on any atom is -0.389 e. The van der Waals surface area contributed by atoms with E-state index in [2.05, 4.69) is 5.32 Å². The van der Waals surface area contributed by atoms with Gasteiger partial charge >= 0.3 is 0 Å². The molecular weight excluding hydrogens is 182 g/mol. The van der Waals surface area contributed by atoms with Gasteiger partial charge in [0.1, 0.15) is 0 Å². The highest BCUT2D eigenvalue weighted by atomic mass is 16.5. The van der Waals surface area contributed by atoms with Crippen LogP contribution in [-0.2, 0) is 9.47 Å². The maximum absolute atomic E-state index is 9.64. The van der Waals surface area contributed by atoms with Gasteiger partial charge in [0.25, 0.3) is 0 Å². The number of methoxy groups -OCH3 is 1. The zero-order chi connectivity index (χ0) is 10.9. The summed E-state index contributed by atoms with van der Waals surface area (Å²) in [5.74, 6) is 0. The van der Waals surface area contributed by atoms with Crippen LogP contribution in [0.3, 0.4) is 0 Å². The second-order valence-corrected chi connectivity index (χ2v) is 3.63. The van der Waals surface area contributed by atoms with Crippen LogP contribution in [0, 0.1) is 0 Å². The third-order valence-corrected chi connectivity index (χ3v) is 2.12. The van der Waals surface area contributed by atoms with E-state index in [1.54, 1.807) is 7.11 Å². The van der Waals surface area contributed by atoms with Crippen molar-refractivity contribution in [3.05, 3.63) is 0 Å². The number of hydrogen-bond acceptors (Lipinski definition) is 4. The molecule has 4 heteroatoms. The number of ether oxygens (including phenoxy) is 2. The fourth-order valence-electron chi connectivity index (χ4n) is 0.871. The Labute approximate surface area is 86.6 Å². The van der Waals surface area contributed by atoms with Crippen LogP contribution in [0.5, 0.6) is 0 Å². The molecule has 0 rings (SSSR count). The Balaban J connectivity index is 3.13. The number of nitrogens with one attached hydrogen (secondary N) is 1. The Morgan fingerprint density at radius 2 is 2.00 bits per heavy atom. The van der Waals surface area contributed by atoms with Crippen LogP contribution in [0.4, 0.5) is 0 Å². The molecule has 0 aliphatic rings. The first-order valence-corrected chi connectivity index (χ1v) is 5.12. The average Bonchev–Trinajstić information content (AvgIpc) is 2.16. The first kappa shape index (κ1) is 13.8. The van der Waals surface area contributed by atoms with E-state index in [4.69, 9.17) is 9.47 Å². The van der Waals surface area contributed by atoms with E-state index in [0.29, 0.717) is 26.4 Å². The Hall–Kier alpha value is -0.160. The van der Waals surface area contributed by atoms with Crippen LogP contribution in [-0.4, -0.2) is 50.7 Å². The first-order chi connectivity index (χ1) is 6.62. The molecule has 0 aliphatic carbocycles. The third-order valence-electron chi connectivity index (χ3n) is 2.12. The standard InChI is InChI=1S/C10H23NO3/c1-4-10(2,12)9-11-5-6-14-8-7-13-3/h11-12H,4-9H2,1-3H3. The van der Waals surface area contributed by atoms with Gasteiger partial charge in [-0.25, -0.2) is 0 Å². The summed E-state index contributed by atoms with van der Waals surface area (Å²) in [5, 5.41) is 12.8. The summed E-state index contributed by atoms with van der Waals surface area (Å²) in [7, 11) is 1.65. The number of hydrogen-bond donors (Lipinski definition) is 2. The zero-order valence-electron chi connectivity index (χ0n) is 9.51. The highest BCUT2D eigenvalue weighted by Crippen LogP contribution is 2.05. The van der Waals surface area contributed by atoms with Crippen LogP contribution < -0.4 is 5.32 Å². The van der Waals surface area contributed by atoms with Crippen molar-refractivity contribution in [2.75, 3.05) is 40.0 Å². The molecule has 0 aromatic carbocycles. The van der Waals surface area contributed by atoms with Gasteiger partial charge in [-0.2, -0.15) is 0 Å². The van der Waals surface area contributed by atoms with Crippen molar-refractivity contribution in [3.63, 3.8) is 0 Å². The summed E-state index contributed by atoms with van der Waals surface area (Å²) >= 11 is 0. The van der Waals surface area contributed by atoms with Gasteiger partial charge in [-0.15, -0.1) is 0 Å². The van der Waals surface area contributed by atoms with E-state index >= 15 is 0 Å². The van der Waals surface area contributed by atoms with E-state index in [1.807, 2.05) is 13.8 Å². The van der Waals surface area contributed by atoms with E-state index in [9.17, 15) is 5.11 Å². The molecule has 14 heavy (non-hydrogen) atoms. The van der Waals surface area contributed by atoms with Gasteiger partial charge in [0.05, 0.1) is 25.4 Å². The molecule has 0 amide bonds. The van der Waals surface area contributed by atoms with Gasteiger partial charge in [0.2, 0.25) is 0 Å². The molecule has 0 aromatic rings. The molecule has 0 aliphatic heterocycles. The second kappa shape index (κ2) is 8.17. The summed E-state index contributed by atoms with van der Waals surface area (Å²) in [4.78, 5) is 0. The highest BCUT2D eigenvalue weighted by Gasteiger charge is 2.15. The highest BCUT2D eigenvalue weighted by molar-refractivity contribution is 4.72. The molecule has 1 atom stereocenters. The smallest absolute Gasteiger partial charge is 0.0741 e. The van der Waals surface area contributed by atoms with Crippen molar-refractivity contribution in [1.29, 1.82) is 0 Å². The van der Waals surface area contributed by atoms with Crippen LogP contribution in [0.1, 0.15) is 20.3 Å². The van der Waals surface area contributed by atoms with Crippen LogP contribution >= 0.6 is 0 Å². The summed E-state index contributed by atoms with van der Waals surface area (Å²) < 4.78 is 10.1. The Morgan fingerprint density at radius 1 is 1.29 bits per heavy atom. The molecule has 4 nitrogen and oxygen atoms in total. The predicted molar refractivity (Wildman–Crippen MR) is 56.5 cm³/mol. The molecule has 86 valence electrons. The largest absolute Gasteiger partial charge is 0.389 e. The van der Waals surface area contributed by atoms with E-state index < -0.39 is 5.60 Å². The maximum Gasteiger partial charge on any atom is 0.0741 e. The lowest BCUT2D eigenvalue weighted by molar-refractivity contribution is 0.0474. The quantitative estimate of drug-likeness (QED) is 0.535. The minimum absolute atomic E-state index is 0.605. The van der Waals surface area contributed by atoms with Crippen LogP contribution in [0.15, 0.2) is 0 Å². The molecule has 0 saturated carbocycles. The SMILES string of the molecule is CCC(C)(O)CNCCOCCOC. The molecule has 0 aromatic heterocycles. The van der Waals surface area contributed by atoms with Crippen LogP contribution in [0.2, 0.25) is 0 Å². The lowest BCUT2D eigenvalue weighted by Gasteiger charge is -2.21. The number of aliphatic hydroxyl groups is 1. The van der Waals surface area contributed by atoms with Crippen molar-refractivity contribution < 1.29 is 14.6 Å². The van der Waals surface area contributed by atoms with Crippen molar-refractivity contribution >= 4 is 0 Å². The van der Waals surface area contributed by atoms with E-state index in [1.165, 1.54) is 0 Å². The lowest BCUT2D eigenvalue weighted by Crippen LogP contribution is -2.38. The fraction of sp³-hybridized carbons (Fsp3) is 1.00. The fourth-order valence-corrected chi connectivity index (χ4v) is 0.871. The van der Waals surface area contributed by atoms with Gasteiger partial charge in [-0.3, -0.25) is 0 Å². The molecule has 0 bridgehead atoms. The monoisotopic (exact) mass is 205 g/mol. The molecule has 1 unspecified atom stereocenters. The molecule has 0 radical (unpaired) electrons. The van der Waals surface area contributed by atoms with Crippen molar-refractivity contribution in [2.45, 2.75) is 25.9 Å². The number of rotatable bonds is 9. The molecular formula is C10H23NO3. The van der Waals surface area contributed by atoms with Gasteiger partial charge in [-0.05, 0) is 13.3 Å². The first-order valence-electron chi connectivity index (χ1n) is 5.12. The lowest BCUT2D eigenvalue weighted by atomic mass is 10.0. The Bertz CT molecular complexity index is 129. The van der Waals surface area contributed by atoms with Gasteiger partial charge in [0.15, 0.2) is 0 Å². The normalized spacial score (nSPS) is 15.4. The molecule has 2 N–H and O–H groups in total. The average molecular weight is 205 g/mol. The summed E-state index contributed by atoms with van der Waals surface area (Å²) in [5.41, 5.74) is -0.605. The maximum atomic E-state index is 9.64. The van der Waals surface area contributed by atoms with Gasteiger partial charge < -0.3 is 19.9 Å². The molecule has 0 fully saturated rings. The summed E-state index contributed by atoms with van der Waals surface area (Å²) in [6.07, 6.45) is 0.754.